The zero-order valence-corrected chi connectivity index (χ0v) is 8.15. The largest absolute Gasteiger partial charge is 0.768 e. The van der Waals surface area contributed by atoms with E-state index in [1.165, 1.54) is 13.0 Å². The minimum absolute atomic E-state index is 0.0687. The van der Waals surface area contributed by atoms with Crippen LogP contribution in [0.25, 0.3) is 0 Å². The summed E-state index contributed by atoms with van der Waals surface area (Å²) in [4.78, 5) is -0.410. The number of hydrogen-bond acceptors (Lipinski definition) is 3. The van der Waals surface area contributed by atoms with E-state index in [4.69, 9.17) is 11.1 Å². The number of rotatable bonds is 2. The van der Waals surface area contributed by atoms with Crippen LogP contribution < -0.4 is 5.73 Å². The van der Waals surface area contributed by atoms with E-state index in [1.807, 2.05) is 0 Å². The first-order chi connectivity index (χ1) is 6.45. The van der Waals surface area contributed by atoms with Gasteiger partial charge in [-0.2, -0.15) is 0 Å². The third-order valence-electron chi connectivity index (χ3n) is 1.82. The summed E-state index contributed by atoms with van der Waals surface area (Å²) in [6.45, 7) is 1.38. The zero-order chi connectivity index (χ0) is 10.9. The van der Waals surface area contributed by atoms with Crippen LogP contribution in [-0.2, 0) is 11.1 Å². The smallest absolute Gasteiger partial charge is 0.141 e. The second-order valence-electron chi connectivity index (χ2n) is 2.70. The van der Waals surface area contributed by atoms with Crippen molar-refractivity contribution in [2.45, 2.75) is 11.8 Å². The van der Waals surface area contributed by atoms with Crippen molar-refractivity contribution in [3.63, 3.8) is 0 Å². The van der Waals surface area contributed by atoms with Gasteiger partial charge in [-0.25, -0.2) is 4.39 Å². The van der Waals surface area contributed by atoms with Gasteiger partial charge in [-0.1, -0.05) is 0 Å². The number of nitrogens with one attached hydrogen (secondary N) is 1. The summed E-state index contributed by atoms with van der Waals surface area (Å²) in [5.41, 5.74) is 5.45. The summed E-state index contributed by atoms with van der Waals surface area (Å²) in [6, 6.07) is 2.40. The maximum Gasteiger partial charge on any atom is 0.141 e. The average Bonchev–Trinajstić information content (AvgIpc) is 2.08. The lowest BCUT2D eigenvalue weighted by molar-refractivity contribution is 0.521. The monoisotopic (exact) mass is 215 g/mol. The molecule has 0 amide bonds. The summed E-state index contributed by atoms with van der Waals surface area (Å²) in [5, 5.41) is 7.11. The minimum atomic E-state index is -2.61. The summed E-state index contributed by atoms with van der Waals surface area (Å²) >= 11 is -2.61. The molecule has 0 radical (unpaired) electrons. The fourth-order valence-corrected chi connectivity index (χ4v) is 1.56. The van der Waals surface area contributed by atoms with Crippen LogP contribution in [0, 0.1) is 18.2 Å². The van der Waals surface area contributed by atoms with Crippen molar-refractivity contribution in [3.05, 3.63) is 29.1 Å². The average molecular weight is 215 g/mol. The second kappa shape index (κ2) is 3.85. The Kier molecular flexibility index (Phi) is 2.97. The van der Waals surface area contributed by atoms with Gasteiger partial charge in [-0.05, 0) is 35.7 Å². The van der Waals surface area contributed by atoms with Crippen molar-refractivity contribution in [1.82, 2.24) is 0 Å². The quantitative estimate of drug-likeness (QED) is 0.431. The Morgan fingerprint density at radius 1 is 1.64 bits per heavy atom. The van der Waals surface area contributed by atoms with E-state index >= 15 is 0 Å². The first kappa shape index (κ1) is 10.8. The lowest BCUT2D eigenvalue weighted by Crippen LogP contribution is -2.14. The molecular formula is C8H8FN2O2S-. The van der Waals surface area contributed by atoms with Gasteiger partial charge in [0.2, 0.25) is 0 Å². The number of hydrogen-bond donors (Lipinski definition) is 2. The van der Waals surface area contributed by atoms with Crippen molar-refractivity contribution >= 4 is 16.9 Å². The zero-order valence-electron chi connectivity index (χ0n) is 7.33. The molecule has 1 unspecified atom stereocenters. The maximum absolute atomic E-state index is 13.3. The Hall–Kier alpha value is -1.27. The molecule has 0 aliphatic heterocycles. The Morgan fingerprint density at radius 2 is 2.21 bits per heavy atom. The molecule has 4 nitrogen and oxygen atoms in total. The van der Waals surface area contributed by atoms with Crippen LogP contribution in [0.4, 0.5) is 4.39 Å². The molecule has 0 heterocycles. The standard InChI is InChI=1S/C8H9FN2O2S/c1-4-5(8(10)11)2-3-6(7(4)9)14(12)13/h2-3H,1H3,(H3,10,11)(H,12,13)/p-1. The number of nitrogens with two attached hydrogens (primary N) is 1. The Labute approximate surface area is 82.7 Å². The van der Waals surface area contributed by atoms with Gasteiger partial charge < -0.3 is 10.3 Å². The van der Waals surface area contributed by atoms with Crippen molar-refractivity contribution in [1.29, 1.82) is 5.41 Å². The molecule has 0 saturated heterocycles. The van der Waals surface area contributed by atoms with E-state index in [0.29, 0.717) is 0 Å². The highest BCUT2D eigenvalue weighted by atomic mass is 32.2. The Morgan fingerprint density at radius 3 is 2.64 bits per heavy atom. The number of benzene rings is 1. The number of halogens is 1. The van der Waals surface area contributed by atoms with Crippen LogP contribution in [-0.4, -0.2) is 14.6 Å². The molecule has 0 bridgehead atoms. The van der Waals surface area contributed by atoms with Crippen LogP contribution in [0.1, 0.15) is 11.1 Å². The second-order valence-corrected chi connectivity index (χ2v) is 3.61. The molecule has 0 aliphatic carbocycles. The van der Waals surface area contributed by atoms with Gasteiger partial charge in [-0.3, -0.25) is 9.62 Å². The molecule has 0 saturated carbocycles. The molecule has 1 rings (SSSR count). The molecule has 0 spiro atoms. The van der Waals surface area contributed by atoms with Gasteiger partial charge in [0.05, 0.1) is 4.90 Å². The molecule has 1 atom stereocenters. The van der Waals surface area contributed by atoms with Gasteiger partial charge in [0.15, 0.2) is 0 Å². The molecule has 1 aromatic rings. The number of amidine groups is 1. The fraction of sp³-hybridized carbons (Fsp3) is 0.125. The molecule has 1 aromatic carbocycles. The topological polar surface area (TPSA) is 90.0 Å². The van der Waals surface area contributed by atoms with E-state index in [9.17, 15) is 13.2 Å². The van der Waals surface area contributed by atoms with E-state index in [2.05, 4.69) is 0 Å². The van der Waals surface area contributed by atoms with Crippen LogP contribution >= 0.6 is 0 Å². The summed E-state index contributed by atoms with van der Waals surface area (Å²) in [6.07, 6.45) is 0. The molecule has 3 N–H and O–H groups in total. The Bertz CT molecular complexity index is 381. The van der Waals surface area contributed by atoms with Gasteiger partial charge in [0.1, 0.15) is 11.7 Å². The molecular weight excluding hydrogens is 207 g/mol. The highest BCUT2D eigenvalue weighted by Crippen LogP contribution is 2.18. The van der Waals surface area contributed by atoms with Crippen LogP contribution in [0.3, 0.4) is 0 Å². The summed E-state index contributed by atoms with van der Waals surface area (Å²) in [5.74, 6) is -1.14. The first-order valence-corrected chi connectivity index (χ1v) is 4.75. The predicted octanol–water partition coefficient (Wildman–Crippen LogP) is 0.656. The number of nitrogen functional groups attached to an aromatic ring is 1. The molecule has 6 heteroatoms. The minimum Gasteiger partial charge on any atom is -0.768 e. The lowest BCUT2D eigenvalue weighted by atomic mass is 10.1. The summed E-state index contributed by atoms with van der Waals surface area (Å²) in [7, 11) is 0. The molecule has 0 aliphatic rings. The first-order valence-electron chi connectivity index (χ1n) is 3.68. The van der Waals surface area contributed by atoms with Gasteiger partial charge in [0.25, 0.3) is 0 Å². The highest BCUT2D eigenvalue weighted by molar-refractivity contribution is 7.79. The van der Waals surface area contributed by atoms with Crippen LogP contribution in [0.2, 0.25) is 0 Å². The third-order valence-corrected chi connectivity index (χ3v) is 2.50. The third kappa shape index (κ3) is 1.80. The SMILES string of the molecule is Cc1c(C(=N)N)ccc(S(=O)[O-])c1F. The van der Waals surface area contributed by atoms with Crippen molar-refractivity contribution < 1.29 is 13.2 Å². The van der Waals surface area contributed by atoms with Gasteiger partial charge >= 0.3 is 0 Å². The molecule has 0 aromatic heterocycles. The predicted molar refractivity (Wildman–Crippen MR) is 49.3 cm³/mol. The van der Waals surface area contributed by atoms with E-state index in [1.54, 1.807) is 0 Å². The van der Waals surface area contributed by atoms with E-state index in [0.717, 1.165) is 6.07 Å². The maximum atomic E-state index is 13.3. The van der Waals surface area contributed by atoms with Gasteiger partial charge in [0, 0.05) is 5.56 Å². The van der Waals surface area contributed by atoms with E-state index < -0.39 is 21.8 Å². The van der Waals surface area contributed by atoms with Crippen molar-refractivity contribution in [2.75, 3.05) is 0 Å². The molecule has 14 heavy (non-hydrogen) atoms. The lowest BCUT2D eigenvalue weighted by Gasteiger charge is -2.11. The molecule has 0 fully saturated rings. The van der Waals surface area contributed by atoms with Gasteiger partial charge in [-0.15, -0.1) is 0 Å². The van der Waals surface area contributed by atoms with Crippen LogP contribution in [0.5, 0.6) is 0 Å². The molecule has 76 valence electrons. The normalized spacial score (nSPS) is 12.5. The van der Waals surface area contributed by atoms with Crippen molar-refractivity contribution in [2.24, 2.45) is 5.73 Å². The van der Waals surface area contributed by atoms with E-state index in [-0.39, 0.29) is 17.0 Å². The Balaban J connectivity index is 3.41. The fourth-order valence-electron chi connectivity index (χ4n) is 1.08. The van der Waals surface area contributed by atoms with Crippen LogP contribution in [0.15, 0.2) is 17.0 Å². The summed E-state index contributed by atoms with van der Waals surface area (Å²) < 4.78 is 34.4. The highest BCUT2D eigenvalue weighted by Gasteiger charge is 2.11. The van der Waals surface area contributed by atoms with Crippen molar-refractivity contribution in [3.8, 4) is 0 Å².